The summed E-state index contributed by atoms with van der Waals surface area (Å²) >= 11 is 6.70. The van der Waals surface area contributed by atoms with Gasteiger partial charge >= 0.3 is 6.09 Å². The van der Waals surface area contributed by atoms with Crippen molar-refractivity contribution in [2.24, 2.45) is 5.92 Å². The average molecular weight is 594 g/mol. The number of ether oxygens (including phenoxy) is 1. The standard InChI is InChI=1S/C33H40ClN3O5/c1-3-23-8-4-10-27(20-23)42-30-28(11-5-12-29(30)34)33(41,17-7-18-36-32(39)40)26-9-6-19-37(22-26)31(38)25-15-13-24(14-16-25)21-35-2/h4-5,8,10-16,20,26,35-36,41H,3,6-7,9,17-19,21-22H2,1-2H3,(H,39,40)/t26-,33?/m1/s1. The van der Waals surface area contributed by atoms with Crippen molar-refractivity contribution in [1.82, 2.24) is 15.5 Å². The molecule has 8 nitrogen and oxygen atoms in total. The Morgan fingerprint density at radius 1 is 1.10 bits per heavy atom. The Morgan fingerprint density at radius 3 is 2.57 bits per heavy atom. The monoisotopic (exact) mass is 593 g/mol. The number of halogens is 1. The van der Waals surface area contributed by atoms with Gasteiger partial charge in [-0.25, -0.2) is 4.79 Å². The summed E-state index contributed by atoms with van der Waals surface area (Å²) in [6.45, 7) is 3.90. The van der Waals surface area contributed by atoms with E-state index in [1.165, 1.54) is 0 Å². The van der Waals surface area contributed by atoms with Gasteiger partial charge < -0.3 is 30.5 Å². The molecule has 1 saturated heterocycles. The van der Waals surface area contributed by atoms with Crippen LogP contribution in [0.15, 0.2) is 66.7 Å². The van der Waals surface area contributed by atoms with Crippen molar-refractivity contribution in [1.29, 1.82) is 0 Å². The smallest absolute Gasteiger partial charge is 0.404 e. The Kier molecular flexibility index (Phi) is 10.8. The van der Waals surface area contributed by atoms with Crippen LogP contribution in [0.3, 0.4) is 0 Å². The molecule has 2 atom stereocenters. The summed E-state index contributed by atoms with van der Waals surface area (Å²) in [4.78, 5) is 26.4. The molecule has 3 aromatic carbocycles. The third-order valence-corrected chi connectivity index (χ3v) is 8.23. The van der Waals surface area contributed by atoms with Gasteiger partial charge in [0.05, 0.1) is 10.6 Å². The number of carboxylic acid groups (broad SMARTS) is 1. The van der Waals surface area contributed by atoms with Crippen molar-refractivity contribution in [3.63, 3.8) is 0 Å². The predicted octanol–water partition coefficient (Wildman–Crippen LogP) is 6.20. The second kappa shape index (κ2) is 14.5. The number of hydrogen-bond donors (Lipinski definition) is 4. The van der Waals surface area contributed by atoms with Gasteiger partial charge in [-0.2, -0.15) is 0 Å². The van der Waals surface area contributed by atoms with Gasteiger partial charge in [0, 0.05) is 43.2 Å². The zero-order chi connectivity index (χ0) is 30.1. The second-order valence-corrected chi connectivity index (χ2v) is 11.2. The van der Waals surface area contributed by atoms with E-state index in [0.717, 1.165) is 30.5 Å². The highest BCUT2D eigenvalue weighted by atomic mass is 35.5. The highest BCUT2D eigenvalue weighted by molar-refractivity contribution is 6.32. The number of para-hydroxylation sites is 1. The van der Waals surface area contributed by atoms with E-state index in [1.54, 1.807) is 17.0 Å². The summed E-state index contributed by atoms with van der Waals surface area (Å²) in [5.41, 5.74) is 1.90. The van der Waals surface area contributed by atoms with Gasteiger partial charge in [0.2, 0.25) is 0 Å². The number of rotatable bonds is 12. The van der Waals surface area contributed by atoms with Crippen LogP contribution in [0.2, 0.25) is 5.02 Å². The maximum absolute atomic E-state index is 13.5. The molecule has 1 fully saturated rings. The minimum absolute atomic E-state index is 0.0791. The lowest BCUT2D eigenvalue weighted by molar-refractivity contribution is -0.0578. The van der Waals surface area contributed by atoms with Crippen molar-refractivity contribution < 1.29 is 24.5 Å². The quantitative estimate of drug-likeness (QED) is 0.186. The minimum atomic E-state index is -1.43. The predicted molar refractivity (Wildman–Crippen MR) is 164 cm³/mol. The Hall–Kier alpha value is -3.59. The first-order valence-corrected chi connectivity index (χ1v) is 14.9. The molecular weight excluding hydrogens is 554 g/mol. The molecule has 1 unspecified atom stereocenters. The topological polar surface area (TPSA) is 111 Å². The van der Waals surface area contributed by atoms with Crippen LogP contribution in [0, 0.1) is 5.92 Å². The van der Waals surface area contributed by atoms with Crippen LogP contribution in [-0.2, 0) is 18.6 Å². The third kappa shape index (κ3) is 7.62. The fourth-order valence-electron chi connectivity index (χ4n) is 5.72. The SMILES string of the molecule is CCc1cccc(Oc2c(Cl)cccc2C(O)(CCCNC(=O)O)[C@@H]2CCCN(C(=O)c3ccc(CNC)cc3)C2)c1. The molecule has 224 valence electrons. The van der Waals surface area contributed by atoms with Crippen molar-refractivity contribution in [2.75, 3.05) is 26.7 Å². The van der Waals surface area contributed by atoms with E-state index < -0.39 is 11.7 Å². The molecule has 4 N–H and O–H groups in total. The van der Waals surface area contributed by atoms with E-state index >= 15 is 0 Å². The molecule has 1 aliphatic heterocycles. The highest BCUT2D eigenvalue weighted by Crippen LogP contribution is 2.46. The molecule has 4 rings (SSSR count). The normalized spacial score (nSPS) is 16.5. The maximum Gasteiger partial charge on any atom is 0.404 e. The number of amides is 2. The van der Waals surface area contributed by atoms with E-state index in [1.807, 2.05) is 61.6 Å². The van der Waals surface area contributed by atoms with E-state index in [4.69, 9.17) is 21.4 Å². The number of piperidine rings is 1. The lowest BCUT2D eigenvalue weighted by atomic mass is 9.73. The largest absolute Gasteiger partial charge is 0.465 e. The molecule has 0 bridgehead atoms. The van der Waals surface area contributed by atoms with E-state index in [9.17, 15) is 14.7 Å². The fourth-order valence-corrected chi connectivity index (χ4v) is 5.93. The van der Waals surface area contributed by atoms with Gasteiger partial charge in [0.25, 0.3) is 5.91 Å². The molecule has 9 heteroatoms. The zero-order valence-electron chi connectivity index (χ0n) is 24.2. The molecule has 1 heterocycles. The molecule has 42 heavy (non-hydrogen) atoms. The number of nitrogens with one attached hydrogen (secondary N) is 2. The van der Waals surface area contributed by atoms with Crippen LogP contribution in [0.1, 0.15) is 59.7 Å². The Labute approximate surface area is 252 Å². The van der Waals surface area contributed by atoms with Gasteiger partial charge in [-0.1, -0.05) is 54.9 Å². The number of hydrogen-bond acceptors (Lipinski definition) is 5. The maximum atomic E-state index is 13.5. The minimum Gasteiger partial charge on any atom is -0.465 e. The van der Waals surface area contributed by atoms with Crippen LogP contribution in [-0.4, -0.2) is 53.8 Å². The van der Waals surface area contributed by atoms with Crippen molar-refractivity contribution in [3.8, 4) is 11.5 Å². The summed E-state index contributed by atoms with van der Waals surface area (Å²) in [5.74, 6) is 0.571. The number of carbonyl (C=O) groups is 2. The van der Waals surface area contributed by atoms with E-state index in [0.29, 0.717) is 53.6 Å². The second-order valence-electron chi connectivity index (χ2n) is 10.8. The molecule has 2 amide bonds. The molecule has 0 aliphatic carbocycles. The van der Waals surface area contributed by atoms with Gasteiger partial charge in [-0.05, 0) is 80.6 Å². The number of aryl methyl sites for hydroxylation is 1. The summed E-state index contributed by atoms with van der Waals surface area (Å²) < 4.78 is 6.35. The lowest BCUT2D eigenvalue weighted by Gasteiger charge is -2.43. The zero-order valence-corrected chi connectivity index (χ0v) is 25.0. The van der Waals surface area contributed by atoms with Gasteiger partial charge in [0.15, 0.2) is 5.75 Å². The number of aliphatic hydroxyl groups is 1. The van der Waals surface area contributed by atoms with Crippen molar-refractivity contribution in [3.05, 3.63) is 94.0 Å². The van der Waals surface area contributed by atoms with Crippen LogP contribution >= 0.6 is 11.6 Å². The molecular formula is C33H40ClN3O5. The van der Waals surface area contributed by atoms with Crippen LogP contribution in [0.25, 0.3) is 0 Å². The molecule has 0 spiro atoms. The van der Waals surface area contributed by atoms with Crippen molar-refractivity contribution >= 4 is 23.6 Å². The molecule has 0 aromatic heterocycles. The Balaban J connectivity index is 1.65. The first-order valence-electron chi connectivity index (χ1n) is 14.5. The van der Waals surface area contributed by atoms with Gasteiger partial charge in [-0.15, -0.1) is 0 Å². The summed E-state index contributed by atoms with van der Waals surface area (Å²) in [5, 5.41) is 27.5. The molecule has 0 radical (unpaired) electrons. The lowest BCUT2D eigenvalue weighted by Crippen LogP contribution is -2.48. The number of likely N-dealkylation sites (tertiary alicyclic amines) is 1. The first-order chi connectivity index (χ1) is 20.2. The summed E-state index contributed by atoms with van der Waals surface area (Å²) in [7, 11) is 1.88. The number of nitrogens with zero attached hydrogens (tertiary/aromatic N) is 1. The van der Waals surface area contributed by atoms with Crippen LogP contribution in [0.4, 0.5) is 4.79 Å². The van der Waals surface area contributed by atoms with E-state index in [2.05, 4.69) is 17.6 Å². The first kappa shape index (κ1) is 31.3. The molecule has 0 saturated carbocycles. The molecule has 1 aliphatic rings. The Bertz CT molecular complexity index is 1370. The summed E-state index contributed by atoms with van der Waals surface area (Å²) in [6.07, 6.45) is 1.78. The highest BCUT2D eigenvalue weighted by Gasteiger charge is 2.43. The molecule has 3 aromatic rings. The number of carbonyl (C=O) groups excluding carboxylic acids is 1. The van der Waals surface area contributed by atoms with Gasteiger partial charge in [0.1, 0.15) is 5.75 Å². The van der Waals surface area contributed by atoms with Crippen LogP contribution < -0.4 is 15.4 Å². The van der Waals surface area contributed by atoms with E-state index in [-0.39, 0.29) is 24.8 Å². The van der Waals surface area contributed by atoms with Gasteiger partial charge in [-0.3, -0.25) is 4.79 Å². The van der Waals surface area contributed by atoms with Crippen molar-refractivity contribution in [2.45, 2.75) is 51.2 Å². The fraction of sp³-hybridized carbons (Fsp3) is 0.394. The van der Waals surface area contributed by atoms with Crippen LogP contribution in [0.5, 0.6) is 11.5 Å². The average Bonchev–Trinajstić information content (AvgIpc) is 3.00. The number of benzene rings is 3. The summed E-state index contributed by atoms with van der Waals surface area (Å²) in [6, 6.07) is 20.6. The Morgan fingerprint density at radius 2 is 1.86 bits per heavy atom. The third-order valence-electron chi connectivity index (χ3n) is 7.94.